The Balaban J connectivity index is 3.26. The number of rotatable bonds is 7. The summed E-state index contributed by atoms with van der Waals surface area (Å²) in [4.78, 5) is 0. The van der Waals surface area contributed by atoms with Crippen molar-refractivity contribution in [2.24, 2.45) is 0 Å². The number of nitriles is 1. The summed E-state index contributed by atoms with van der Waals surface area (Å²) in [6.07, 6.45) is 4.94. The number of hydrogen-bond donors (Lipinski definition) is 1. The molecule has 0 saturated carbocycles. The summed E-state index contributed by atoms with van der Waals surface area (Å²) in [7, 11) is 0. The first-order valence-electron chi connectivity index (χ1n) is 4.44. The third kappa shape index (κ3) is 6.51. The second-order valence-electron chi connectivity index (χ2n) is 2.78. The van der Waals surface area contributed by atoms with Crippen LogP contribution in [0.25, 0.3) is 0 Å². The molecular weight excluding hydrogens is 168 g/mol. The molecular formula is C9H18N2S. The fraction of sp³-hybridized carbons (Fsp3) is 0.889. The van der Waals surface area contributed by atoms with Crippen molar-refractivity contribution in [2.45, 2.75) is 32.2 Å². The molecule has 0 saturated heterocycles. The normalized spacial score (nSPS) is 12.4. The van der Waals surface area contributed by atoms with Gasteiger partial charge in [-0.25, -0.2) is 0 Å². The average Bonchev–Trinajstić information content (AvgIpc) is 2.10. The Morgan fingerprint density at radius 3 is 2.83 bits per heavy atom. The SMILES string of the molecule is CCC(CSC)NCCCC#N. The zero-order valence-corrected chi connectivity index (χ0v) is 8.78. The van der Waals surface area contributed by atoms with Gasteiger partial charge in [-0.2, -0.15) is 17.0 Å². The highest BCUT2D eigenvalue weighted by Gasteiger charge is 2.02. The fourth-order valence-corrected chi connectivity index (χ4v) is 1.75. The van der Waals surface area contributed by atoms with Crippen LogP contribution in [0.5, 0.6) is 0 Å². The zero-order valence-electron chi connectivity index (χ0n) is 7.97. The maximum atomic E-state index is 8.31. The van der Waals surface area contributed by atoms with E-state index in [1.165, 1.54) is 12.2 Å². The van der Waals surface area contributed by atoms with Crippen LogP contribution in [0.2, 0.25) is 0 Å². The lowest BCUT2D eigenvalue weighted by atomic mass is 10.2. The van der Waals surface area contributed by atoms with E-state index in [9.17, 15) is 0 Å². The number of nitrogens with one attached hydrogen (secondary N) is 1. The molecule has 12 heavy (non-hydrogen) atoms. The van der Waals surface area contributed by atoms with Gasteiger partial charge in [0.1, 0.15) is 0 Å². The van der Waals surface area contributed by atoms with Crippen molar-refractivity contribution in [1.82, 2.24) is 5.32 Å². The molecule has 1 unspecified atom stereocenters. The van der Waals surface area contributed by atoms with Gasteiger partial charge < -0.3 is 5.32 Å². The molecule has 0 amide bonds. The Labute approximate surface area is 79.7 Å². The van der Waals surface area contributed by atoms with Crippen LogP contribution in [0, 0.1) is 11.3 Å². The molecule has 1 atom stereocenters. The summed E-state index contributed by atoms with van der Waals surface area (Å²) in [5, 5.41) is 11.7. The van der Waals surface area contributed by atoms with Crippen molar-refractivity contribution < 1.29 is 0 Å². The summed E-state index contributed by atoms with van der Waals surface area (Å²) < 4.78 is 0. The third-order valence-corrected chi connectivity index (χ3v) is 2.49. The van der Waals surface area contributed by atoms with Crippen LogP contribution in [0.1, 0.15) is 26.2 Å². The van der Waals surface area contributed by atoms with Gasteiger partial charge in [-0.05, 0) is 25.6 Å². The van der Waals surface area contributed by atoms with Gasteiger partial charge in [0.15, 0.2) is 0 Å². The van der Waals surface area contributed by atoms with Crippen molar-refractivity contribution in [1.29, 1.82) is 5.26 Å². The summed E-state index contributed by atoms with van der Waals surface area (Å²) >= 11 is 1.87. The monoisotopic (exact) mass is 186 g/mol. The van der Waals surface area contributed by atoms with Crippen LogP contribution in [0.3, 0.4) is 0 Å². The quantitative estimate of drug-likeness (QED) is 0.618. The molecule has 3 heteroatoms. The highest BCUT2D eigenvalue weighted by molar-refractivity contribution is 7.98. The Morgan fingerprint density at radius 2 is 2.33 bits per heavy atom. The lowest BCUT2D eigenvalue weighted by molar-refractivity contribution is 0.533. The molecule has 2 nitrogen and oxygen atoms in total. The van der Waals surface area contributed by atoms with Crippen molar-refractivity contribution >= 4 is 11.8 Å². The largest absolute Gasteiger partial charge is 0.313 e. The second-order valence-corrected chi connectivity index (χ2v) is 3.69. The summed E-state index contributed by atoms with van der Waals surface area (Å²) in [6, 6.07) is 2.77. The van der Waals surface area contributed by atoms with Crippen LogP contribution in [-0.2, 0) is 0 Å². The van der Waals surface area contributed by atoms with Gasteiger partial charge in [-0.1, -0.05) is 6.92 Å². The lowest BCUT2D eigenvalue weighted by Gasteiger charge is -2.14. The van der Waals surface area contributed by atoms with E-state index in [1.54, 1.807) is 0 Å². The van der Waals surface area contributed by atoms with Gasteiger partial charge in [0, 0.05) is 18.2 Å². The highest BCUT2D eigenvalue weighted by Crippen LogP contribution is 2.00. The van der Waals surface area contributed by atoms with Crippen LogP contribution >= 0.6 is 11.8 Å². The number of nitrogens with zero attached hydrogens (tertiary/aromatic N) is 1. The number of unbranched alkanes of at least 4 members (excludes halogenated alkanes) is 1. The predicted molar refractivity (Wildman–Crippen MR) is 55.3 cm³/mol. The summed E-state index contributed by atoms with van der Waals surface area (Å²) in [5.41, 5.74) is 0. The molecule has 1 N–H and O–H groups in total. The zero-order chi connectivity index (χ0) is 9.23. The van der Waals surface area contributed by atoms with E-state index in [-0.39, 0.29) is 0 Å². The van der Waals surface area contributed by atoms with Crippen LogP contribution in [0.4, 0.5) is 0 Å². The first-order chi connectivity index (χ1) is 5.85. The Morgan fingerprint density at radius 1 is 1.58 bits per heavy atom. The van der Waals surface area contributed by atoms with Gasteiger partial charge in [-0.3, -0.25) is 0 Å². The van der Waals surface area contributed by atoms with Crippen molar-refractivity contribution in [3.63, 3.8) is 0 Å². The summed E-state index contributed by atoms with van der Waals surface area (Å²) in [5.74, 6) is 1.17. The van der Waals surface area contributed by atoms with Crippen molar-refractivity contribution in [2.75, 3.05) is 18.6 Å². The summed E-state index contributed by atoms with van der Waals surface area (Å²) in [6.45, 7) is 3.17. The van der Waals surface area contributed by atoms with E-state index >= 15 is 0 Å². The molecule has 0 aliphatic carbocycles. The molecule has 0 bridgehead atoms. The van der Waals surface area contributed by atoms with Gasteiger partial charge in [0.2, 0.25) is 0 Å². The smallest absolute Gasteiger partial charge is 0.0622 e. The van der Waals surface area contributed by atoms with Crippen molar-refractivity contribution in [3.8, 4) is 6.07 Å². The molecule has 0 rings (SSSR count). The van der Waals surface area contributed by atoms with E-state index < -0.39 is 0 Å². The van der Waals surface area contributed by atoms with E-state index in [2.05, 4.69) is 24.6 Å². The van der Waals surface area contributed by atoms with E-state index in [4.69, 9.17) is 5.26 Å². The fourth-order valence-electron chi connectivity index (χ4n) is 0.996. The van der Waals surface area contributed by atoms with Gasteiger partial charge >= 0.3 is 0 Å². The molecule has 0 aliphatic rings. The van der Waals surface area contributed by atoms with Crippen LogP contribution in [0.15, 0.2) is 0 Å². The predicted octanol–water partition coefficient (Wildman–Crippen LogP) is 2.02. The molecule has 0 aromatic carbocycles. The number of hydrogen-bond acceptors (Lipinski definition) is 3. The van der Waals surface area contributed by atoms with Crippen LogP contribution in [-0.4, -0.2) is 24.6 Å². The lowest BCUT2D eigenvalue weighted by Crippen LogP contribution is -2.31. The molecule has 0 heterocycles. The standard InChI is InChI=1S/C9H18N2S/c1-3-9(8-12-2)11-7-5-4-6-10/h9,11H,3-5,7-8H2,1-2H3. The van der Waals surface area contributed by atoms with Gasteiger partial charge in [0.25, 0.3) is 0 Å². The average molecular weight is 186 g/mol. The first-order valence-corrected chi connectivity index (χ1v) is 5.83. The van der Waals surface area contributed by atoms with E-state index in [0.29, 0.717) is 12.5 Å². The van der Waals surface area contributed by atoms with Crippen LogP contribution < -0.4 is 5.32 Å². The molecule has 0 radical (unpaired) electrons. The maximum absolute atomic E-state index is 8.31. The topological polar surface area (TPSA) is 35.8 Å². The Kier molecular flexibility index (Phi) is 8.74. The van der Waals surface area contributed by atoms with E-state index in [0.717, 1.165) is 13.0 Å². The molecule has 0 aromatic heterocycles. The minimum absolute atomic E-state index is 0.624. The van der Waals surface area contributed by atoms with Crippen molar-refractivity contribution in [3.05, 3.63) is 0 Å². The third-order valence-electron chi connectivity index (χ3n) is 1.76. The maximum Gasteiger partial charge on any atom is 0.0622 e. The second kappa shape index (κ2) is 8.89. The van der Waals surface area contributed by atoms with E-state index in [1.807, 2.05) is 11.8 Å². The van der Waals surface area contributed by atoms with Gasteiger partial charge in [-0.15, -0.1) is 0 Å². The Bertz CT molecular complexity index is 131. The minimum atomic E-state index is 0.624. The molecule has 0 aliphatic heterocycles. The minimum Gasteiger partial charge on any atom is -0.313 e. The highest BCUT2D eigenvalue weighted by atomic mass is 32.2. The Hall–Kier alpha value is -0.200. The molecule has 0 spiro atoms. The molecule has 70 valence electrons. The molecule has 0 fully saturated rings. The molecule has 0 aromatic rings. The van der Waals surface area contributed by atoms with Gasteiger partial charge in [0.05, 0.1) is 6.07 Å². The number of thioether (sulfide) groups is 1. The first kappa shape index (κ1) is 11.8.